The zero-order valence-electron chi connectivity index (χ0n) is 18.3. The normalized spacial score (nSPS) is 18.3. The molecule has 0 bridgehead atoms. The van der Waals surface area contributed by atoms with Gasteiger partial charge in [-0.25, -0.2) is 0 Å². The van der Waals surface area contributed by atoms with E-state index in [0.717, 1.165) is 44.6 Å². The Kier molecular flexibility index (Phi) is 6.86. The van der Waals surface area contributed by atoms with Crippen molar-refractivity contribution < 1.29 is 19.1 Å². The zero-order chi connectivity index (χ0) is 22.7. The Morgan fingerprint density at radius 2 is 1.94 bits per heavy atom. The van der Waals surface area contributed by atoms with Crippen molar-refractivity contribution in [3.8, 4) is 11.5 Å². The van der Waals surface area contributed by atoms with E-state index in [1.54, 1.807) is 19.2 Å². The number of hydrogen-bond acceptors (Lipinski definition) is 5. The lowest BCUT2D eigenvalue weighted by atomic mass is 10.1. The predicted molar refractivity (Wildman–Crippen MR) is 123 cm³/mol. The Labute approximate surface area is 193 Å². The molecular formula is C24H28ClN3O4. The number of hydrogen-bond donors (Lipinski definition) is 2. The molecule has 32 heavy (non-hydrogen) atoms. The van der Waals surface area contributed by atoms with Gasteiger partial charge in [0.15, 0.2) is 0 Å². The van der Waals surface area contributed by atoms with Crippen molar-refractivity contribution in [1.82, 2.24) is 10.2 Å². The van der Waals surface area contributed by atoms with Crippen LogP contribution in [0.15, 0.2) is 36.4 Å². The van der Waals surface area contributed by atoms with Crippen LogP contribution < -0.4 is 20.1 Å². The monoisotopic (exact) mass is 457 g/mol. The molecule has 7 nitrogen and oxygen atoms in total. The first-order chi connectivity index (χ1) is 15.5. The van der Waals surface area contributed by atoms with Crippen molar-refractivity contribution in [3.63, 3.8) is 0 Å². The molecule has 1 aliphatic carbocycles. The summed E-state index contributed by atoms with van der Waals surface area (Å²) in [6.07, 6.45) is 2.66. The van der Waals surface area contributed by atoms with Gasteiger partial charge < -0.3 is 20.1 Å². The molecule has 2 amide bonds. The molecule has 2 aromatic carbocycles. The third-order valence-electron chi connectivity index (χ3n) is 5.89. The number of benzene rings is 2. The summed E-state index contributed by atoms with van der Waals surface area (Å²) in [5, 5.41) is 6.23. The van der Waals surface area contributed by atoms with Crippen LogP contribution >= 0.6 is 11.6 Å². The average molecular weight is 458 g/mol. The Balaban J connectivity index is 1.37. The molecular weight excluding hydrogens is 430 g/mol. The quantitative estimate of drug-likeness (QED) is 0.631. The van der Waals surface area contributed by atoms with Crippen molar-refractivity contribution in [2.24, 2.45) is 5.92 Å². The summed E-state index contributed by atoms with van der Waals surface area (Å²) in [4.78, 5) is 27.3. The van der Waals surface area contributed by atoms with E-state index in [2.05, 4.69) is 21.6 Å². The lowest BCUT2D eigenvalue weighted by Crippen LogP contribution is -2.37. The highest BCUT2D eigenvalue weighted by Crippen LogP contribution is 2.34. The molecule has 1 atom stereocenters. The summed E-state index contributed by atoms with van der Waals surface area (Å²) in [6.45, 7) is 2.45. The number of methoxy groups -OCH3 is 2. The summed E-state index contributed by atoms with van der Waals surface area (Å²) in [7, 11) is 3.16. The second-order valence-electron chi connectivity index (χ2n) is 8.34. The summed E-state index contributed by atoms with van der Waals surface area (Å²) < 4.78 is 10.7. The van der Waals surface area contributed by atoms with E-state index in [4.69, 9.17) is 21.1 Å². The van der Waals surface area contributed by atoms with Crippen LogP contribution in [-0.2, 0) is 11.3 Å². The fraction of sp³-hybridized carbons (Fsp3) is 0.417. The molecule has 1 heterocycles. The fourth-order valence-electron chi connectivity index (χ4n) is 3.96. The summed E-state index contributed by atoms with van der Waals surface area (Å²) >= 11 is 6.36. The van der Waals surface area contributed by atoms with E-state index >= 15 is 0 Å². The highest BCUT2D eigenvalue weighted by Gasteiger charge is 2.30. The molecule has 1 saturated carbocycles. The van der Waals surface area contributed by atoms with Gasteiger partial charge in [-0.15, -0.1) is 0 Å². The molecule has 1 aliphatic heterocycles. The maximum Gasteiger partial charge on any atom is 0.255 e. The molecule has 8 heteroatoms. The van der Waals surface area contributed by atoms with Crippen molar-refractivity contribution in [1.29, 1.82) is 0 Å². The van der Waals surface area contributed by atoms with Gasteiger partial charge >= 0.3 is 0 Å². The molecule has 1 saturated heterocycles. The van der Waals surface area contributed by atoms with Crippen LogP contribution in [0.1, 0.15) is 35.2 Å². The van der Waals surface area contributed by atoms with Gasteiger partial charge in [-0.3, -0.25) is 14.5 Å². The maximum absolute atomic E-state index is 13.0. The standard InChI is InChI=1S/C24H28ClN3O4/c1-31-18-5-3-4-15(10-18)13-28-9-8-17(14-28)26-24(30)19-11-20(25)21(12-22(19)32-2)27-23(29)16-6-7-16/h3-5,10-12,16-17H,6-9,13-14H2,1-2H3,(H,26,30)(H,27,29). The van der Waals surface area contributed by atoms with Crippen LogP contribution in [0.5, 0.6) is 11.5 Å². The minimum absolute atomic E-state index is 0.0332. The second kappa shape index (κ2) is 9.79. The van der Waals surface area contributed by atoms with Crippen LogP contribution in [0.25, 0.3) is 0 Å². The number of rotatable bonds is 8. The van der Waals surface area contributed by atoms with Crippen molar-refractivity contribution >= 4 is 29.1 Å². The molecule has 2 N–H and O–H groups in total. The van der Waals surface area contributed by atoms with Gasteiger partial charge in [0, 0.05) is 37.7 Å². The first kappa shape index (κ1) is 22.4. The summed E-state index contributed by atoms with van der Waals surface area (Å²) in [5.74, 6) is 0.990. The smallest absolute Gasteiger partial charge is 0.255 e. The number of likely N-dealkylation sites (tertiary alicyclic amines) is 1. The molecule has 2 aromatic rings. The number of ether oxygens (including phenoxy) is 2. The molecule has 0 radical (unpaired) electrons. The van der Waals surface area contributed by atoms with Crippen LogP contribution in [0, 0.1) is 5.92 Å². The van der Waals surface area contributed by atoms with Gasteiger partial charge in [0.1, 0.15) is 11.5 Å². The lowest BCUT2D eigenvalue weighted by molar-refractivity contribution is -0.117. The second-order valence-corrected chi connectivity index (χ2v) is 8.75. The van der Waals surface area contributed by atoms with E-state index in [0.29, 0.717) is 22.0 Å². The van der Waals surface area contributed by atoms with Crippen LogP contribution in [0.2, 0.25) is 5.02 Å². The first-order valence-electron chi connectivity index (χ1n) is 10.8. The molecule has 4 rings (SSSR count). The van der Waals surface area contributed by atoms with E-state index in [1.165, 1.54) is 12.7 Å². The van der Waals surface area contributed by atoms with E-state index in [9.17, 15) is 9.59 Å². The number of carbonyl (C=O) groups excluding carboxylic acids is 2. The molecule has 2 fully saturated rings. The number of halogens is 1. The van der Waals surface area contributed by atoms with Gasteiger partial charge in [-0.2, -0.15) is 0 Å². The van der Waals surface area contributed by atoms with E-state index in [1.807, 2.05) is 18.2 Å². The average Bonchev–Trinajstić information content (AvgIpc) is 3.56. The number of amides is 2. The highest BCUT2D eigenvalue weighted by atomic mass is 35.5. The molecule has 0 spiro atoms. The van der Waals surface area contributed by atoms with Crippen LogP contribution in [-0.4, -0.2) is 50.1 Å². The molecule has 2 aliphatic rings. The lowest BCUT2D eigenvalue weighted by Gasteiger charge is -2.18. The fourth-order valence-corrected chi connectivity index (χ4v) is 4.17. The Bertz CT molecular complexity index is 1010. The van der Waals surface area contributed by atoms with Crippen molar-refractivity contribution in [2.45, 2.75) is 31.8 Å². The van der Waals surface area contributed by atoms with Crippen LogP contribution in [0.3, 0.4) is 0 Å². The van der Waals surface area contributed by atoms with Crippen molar-refractivity contribution in [2.75, 3.05) is 32.6 Å². The topological polar surface area (TPSA) is 79.9 Å². The first-order valence-corrected chi connectivity index (χ1v) is 11.2. The van der Waals surface area contributed by atoms with Crippen LogP contribution in [0.4, 0.5) is 5.69 Å². The molecule has 170 valence electrons. The van der Waals surface area contributed by atoms with Gasteiger partial charge in [-0.05, 0) is 43.0 Å². The molecule has 1 unspecified atom stereocenters. The number of carbonyl (C=O) groups is 2. The summed E-state index contributed by atoms with van der Waals surface area (Å²) in [6, 6.07) is 11.2. The third kappa shape index (κ3) is 5.34. The largest absolute Gasteiger partial charge is 0.497 e. The number of nitrogens with one attached hydrogen (secondary N) is 2. The number of anilines is 1. The van der Waals surface area contributed by atoms with Gasteiger partial charge in [-0.1, -0.05) is 23.7 Å². The van der Waals surface area contributed by atoms with Gasteiger partial charge in [0.05, 0.1) is 30.5 Å². The Hall–Kier alpha value is -2.77. The maximum atomic E-state index is 13.0. The summed E-state index contributed by atoms with van der Waals surface area (Å²) in [5.41, 5.74) is 1.99. The Morgan fingerprint density at radius 3 is 2.66 bits per heavy atom. The third-order valence-corrected chi connectivity index (χ3v) is 6.20. The predicted octanol–water partition coefficient (Wildman–Crippen LogP) is 3.71. The minimum atomic E-state index is -0.239. The highest BCUT2D eigenvalue weighted by molar-refractivity contribution is 6.34. The van der Waals surface area contributed by atoms with E-state index in [-0.39, 0.29) is 23.8 Å². The molecule has 0 aromatic heterocycles. The van der Waals surface area contributed by atoms with Gasteiger partial charge in [0.25, 0.3) is 5.91 Å². The number of nitrogens with zero attached hydrogens (tertiary/aromatic N) is 1. The minimum Gasteiger partial charge on any atom is -0.497 e. The SMILES string of the molecule is COc1cccc(CN2CCC(NC(=O)c3cc(Cl)c(NC(=O)C4CC4)cc3OC)C2)c1. The van der Waals surface area contributed by atoms with Crippen molar-refractivity contribution in [3.05, 3.63) is 52.5 Å². The Morgan fingerprint density at radius 1 is 1.12 bits per heavy atom. The van der Waals surface area contributed by atoms with Gasteiger partial charge in [0.2, 0.25) is 5.91 Å². The van der Waals surface area contributed by atoms with E-state index < -0.39 is 0 Å². The zero-order valence-corrected chi connectivity index (χ0v) is 19.1.